The first kappa shape index (κ1) is 26.7. The SMILES string of the molecule is CC(C)=C(C)C(C)C.OCC(CO)(CO)COCC(CO)(CO)CO. The van der Waals surface area contributed by atoms with Crippen molar-refractivity contribution in [3.05, 3.63) is 11.1 Å². The van der Waals surface area contributed by atoms with Crippen molar-refractivity contribution < 1.29 is 35.4 Å². The van der Waals surface area contributed by atoms with Crippen molar-refractivity contribution in [1.82, 2.24) is 0 Å². The Bertz CT molecular complexity index is 318. The molecule has 0 fully saturated rings. The minimum absolute atomic E-state index is 0.141. The molecule has 0 saturated heterocycles. The lowest BCUT2D eigenvalue weighted by atomic mass is 9.91. The molecular weight excluding hydrogens is 328 g/mol. The Balaban J connectivity index is 0. The van der Waals surface area contributed by atoms with E-state index in [4.69, 9.17) is 35.4 Å². The Morgan fingerprint density at radius 2 is 0.960 bits per heavy atom. The van der Waals surface area contributed by atoms with Crippen molar-refractivity contribution in [1.29, 1.82) is 0 Å². The van der Waals surface area contributed by atoms with Crippen molar-refractivity contribution in [3.8, 4) is 0 Å². The van der Waals surface area contributed by atoms with Crippen LogP contribution in [0.3, 0.4) is 0 Å². The smallest absolute Gasteiger partial charge is 0.0629 e. The van der Waals surface area contributed by atoms with Crippen LogP contribution in [0.25, 0.3) is 0 Å². The van der Waals surface area contributed by atoms with E-state index in [9.17, 15) is 0 Å². The van der Waals surface area contributed by atoms with Crippen molar-refractivity contribution in [2.45, 2.75) is 34.6 Å². The van der Waals surface area contributed by atoms with Gasteiger partial charge in [0.2, 0.25) is 0 Å². The van der Waals surface area contributed by atoms with Crippen LogP contribution >= 0.6 is 0 Å². The van der Waals surface area contributed by atoms with E-state index >= 15 is 0 Å². The number of hydrogen-bond donors (Lipinski definition) is 6. The maximum absolute atomic E-state index is 9.03. The fourth-order valence-corrected chi connectivity index (χ4v) is 1.64. The zero-order valence-corrected chi connectivity index (χ0v) is 16.3. The third-order valence-electron chi connectivity index (χ3n) is 4.48. The van der Waals surface area contributed by atoms with Crippen LogP contribution < -0.4 is 0 Å². The molecule has 0 amide bonds. The molecule has 0 aromatic heterocycles. The maximum atomic E-state index is 9.03. The van der Waals surface area contributed by atoms with Crippen LogP contribution in [-0.2, 0) is 4.74 Å². The van der Waals surface area contributed by atoms with Gasteiger partial charge in [-0.25, -0.2) is 0 Å². The van der Waals surface area contributed by atoms with Gasteiger partial charge in [0.25, 0.3) is 0 Å². The molecule has 0 aliphatic rings. The Kier molecular flexibility index (Phi) is 14.6. The largest absolute Gasteiger partial charge is 0.396 e. The standard InChI is InChI=1S/C10H22O7.C8H16/c11-1-9(2-12,3-13)7-17-8-10(4-14,5-15)6-16;1-6(2)8(5)7(3)4/h11-16H,1-8H2;6H,1-5H3. The van der Waals surface area contributed by atoms with Gasteiger partial charge in [-0.3, -0.25) is 0 Å². The summed E-state index contributed by atoms with van der Waals surface area (Å²) >= 11 is 0. The summed E-state index contributed by atoms with van der Waals surface area (Å²) in [4.78, 5) is 0. The second-order valence-corrected chi connectivity index (χ2v) is 7.28. The molecular formula is C18H38O7. The lowest BCUT2D eigenvalue weighted by molar-refractivity contribution is -0.103. The van der Waals surface area contributed by atoms with E-state index in [2.05, 4.69) is 34.6 Å². The molecule has 0 aliphatic heterocycles. The Labute approximate surface area is 151 Å². The van der Waals surface area contributed by atoms with Crippen LogP contribution in [0.2, 0.25) is 0 Å². The van der Waals surface area contributed by atoms with Gasteiger partial charge in [0.15, 0.2) is 0 Å². The number of rotatable bonds is 11. The topological polar surface area (TPSA) is 131 Å². The van der Waals surface area contributed by atoms with Gasteiger partial charge < -0.3 is 35.4 Å². The summed E-state index contributed by atoms with van der Waals surface area (Å²) in [7, 11) is 0. The monoisotopic (exact) mass is 366 g/mol. The molecule has 0 aromatic carbocycles. The maximum Gasteiger partial charge on any atom is 0.0629 e. The van der Waals surface area contributed by atoms with E-state index in [1.54, 1.807) is 0 Å². The van der Waals surface area contributed by atoms with Crippen molar-refractivity contribution in [3.63, 3.8) is 0 Å². The normalized spacial score (nSPS) is 12.0. The molecule has 0 bridgehead atoms. The number of hydrogen-bond acceptors (Lipinski definition) is 7. The molecule has 7 nitrogen and oxygen atoms in total. The molecule has 7 heteroatoms. The summed E-state index contributed by atoms with van der Waals surface area (Å²) in [6.45, 7) is 7.96. The minimum Gasteiger partial charge on any atom is -0.396 e. The fourth-order valence-electron chi connectivity index (χ4n) is 1.64. The predicted molar refractivity (Wildman–Crippen MR) is 97.1 cm³/mol. The van der Waals surface area contributed by atoms with Crippen LogP contribution in [0.15, 0.2) is 11.1 Å². The van der Waals surface area contributed by atoms with Gasteiger partial charge in [0.05, 0.1) is 63.7 Å². The number of aliphatic hydroxyl groups excluding tert-OH is 6. The summed E-state index contributed by atoms with van der Waals surface area (Å²) < 4.78 is 5.15. The van der Waals surface area contributed by atoms with Crippen molar-refractivity contribution in [2.75, 3.05) is 52.9 Å². The third-order valence-corrected chi connectivity index (χ3v) is 4.48. The highest BCUT2D eigenvalue weighted by Crippen LogP contribution is 2.19. The van der Waals surface area contributed by atoms with E-state index in [0.717, 1.165) is 5.92 Å². The van der Waals surface area contributed by atoms with Crippen LogP contribution in [-0.4, -0.2) is 83.5 Å². The van der Waals surface area contributed by atoms with Gasteiger partial charge in [-0.05, 0) is 26.7 Å². The predicted octanol–water partition coefficient (Wildman–Crippen LogP) is -0.0717. The summed E-state index contributed by atoms with van der Waals surface area (Å²) in [5, 5.41) is 54.2. The zero-order valence-electron chi connectivity index (χ0n) is 16.3. The molecule has 0 aliphatic carbocycles. The molecule has 0 spiro atoms. The highest BCUT2D eigenvalue weighted by Gasteiger charge is 2.32. The van der Waals surface area contributed by atoms with Gasteiger partial charge in [0.1, 0.15) is 0 Å². The Hall–Kier alpha value is -0.540. The number of aliphatic hydroxyl groups is 6. The number of ether oxygens (including phenoxy) is 1. The van der Waals surface area contributed by atoms with E-state index in [1.165, 1.54) is 11.1 Å². The summed E-state index contributed by atoms with van der Waals surface area (Å²) in [6.07, 6.45) is 0. The van der Waals surface area contributed by atoms with E-state index in [-0.39, 0.29) is 13.2 Å². The van der Waals surface area contributed by atoms with Crippen LogP contribution in [0.5, 0.6) is 0 Å². The van der Waals surface area contributed by atoms with Crippen LogP contribution in [0.4, 0.5) is 0 Å². The molecule has 0 unspecified atom stereocenters. The fraction of sp³-hybridized carbons (Fsp3) is 0.889. The molecule has 0 rings (SSSR count). The Morgan fingerprint density at radius 1 is 0.680 bits per heavy atom. The van der Waals surface area contributed by atoms with Crippen LogP contribution in [0.1, 0.15) is 34.6 Å². The first-order chi connectivity index (χ1) is 11.6. The molecule has 0 atom stereocenters. The first-order valence-electron chi connectivity index (χ1n) is 8.50. The molecule has 0 heterocycles. The van der Waals surface area contributed by atoms with Crippen molar-refractivity contribution in [2.24, 2.45) is 16.7 Å². The number of allylic oxidation sites excluding steroid dienone is 2. The van der Waals surface area contributed by atoms with Crippen molar-refractivity contribution >= 4 is 0 Å². The summed E-state index contributed by atoms with van der Waals surface area (Å²) in [5.74, 6) is 0.722. The molecule has 6 N–H and O–H groups in total. The van der Waals surface area contributed by atoms with Crippen LogP contribution in [0, 0.1) is 16.7 Å². The lowest BCUT2D eigenvalue weighted by Crippen LogP contribution is -2.43. The minimum atomic E-state index is -1.16. The second kappa shape index (κ2) is 13.6. The zero-order chi connectivity index (χ0) is 20.1. The van der Waals surface area contributed by atoms with E-state index in [0.29, 0.717) is 0 Å². The molecule has 0 aromatic rings. The summed E-state index contributed by atoms with van der Waals surface area (Å²) in [5.41, 5.74) is 0.656. The lowest BCUT2D eigenvalue weighted by Gasteiger charge is -2.31. The van der Waals surface area contributed by atoms with E-state index < -0.39 is 50.5 Å². The summed E-state index contributed by atoms with van der Waals surface area (Å²) in [6, 6.07) is 0. The second-order valence-electron chi connectivity index (χ2n) is 7.28. The molecule has 25 heavy (non-hydrogen) atoms. The molecule has 0 radical (unpaired) electrons. The van der Waals surface area contributed by atoms with Gasteiger partial charge in [0, 0.05) is 0 Å². The van der Waals surface area contributed by atoms with Gasteiger partial charge in [-0.2, -0.15) is 0 Å². The average Bonchev–Trinajstić information content (AvgIpc) is 2.63. The molecule has 152 valence electrons. The average molecular weight is 366 g/mol. The molecule has 0 saturated carbocycles. The quantitative estimate of drug-likeness (QED) is 0.282. The van der Waals surface area contributed by atoms with E-state index in [1.807, 2.05) is 0 Å². The Morgan fingerprint density at radius 3 is 1.08 bits per heavy atom. The van der Waals surface area contributed by atoms with Gasteiger partial charge in [-0.15, -0.1) is 0 Å². The van der Waals surface area contributed by atoms with Gasteiger partial charge >= 0.3 is 0 Å². The van der Waals surface area contributed by atoms with Gasteiger partial charge in [-0.1, -0.05) is 25.0 Å². The first-order valence-corrected chi connectivity index (χ1v) is 8.50. The highest BCUT2D eigenvalue weighted by molar-refractivity contribution is 5.08. The highest BCUT2D eigenvalue weighted by atomic mass is 16.5. The third kappa shape index (κ3) is 9.65.